The number of methoxy groups -OCH3 is 1. The van der Waals surface area contributed by atoms with Gasteiger partial charge in [0, 0.05) is 43.2 Å². The first kappa shape index (κ1) is 19.1. The molecule has 2 aromatic carbocycles. The fourth-order valence-corrected chi connectivity index (χ4v) is 5.14. The molecule has 1 fully saturated rings. The Bertz CT molecular complexity index is 937. The minimum Gasteiger partial charge on any atom is -0.497 e. The van der Waals surface area contributed by atoms with E-state index >= 15 is 0 Å². The number of amides is 1. The number of fused-ring (bicyclic) bond motifs is 1. The third kappa shape index (κ3) is 4.42. The summed E-state index contributed by atoms with van der Waals surface area (Å²) >= 11 is 3.42. The first-order valence-electron chi connectivity index (χ1n) is 9.38. The Hall–Kier alpha value is -2.25. The third-order valence-electron chi connectivity index (χ3n) is 4.82. The van der Waals surface area contributed by atoms with Crippen LogP contribution in [0, 0.1) is 0 Å². The van der Waals surface area contributed by atoms with Gasteiger partial charge in [-0.2, -0.15) is 0 Å². The SMILES string of the molecule is COc1ccc2nc(N3CCN(C(=O)CCSc4ccccc4)CC3)sc2c1. The van der Waals surface area contributed by atoms with E-state index in [0.29, 0.717) is 6.42 Å². The average Bonchev–Trinajstić information content (AvgIpc) is 3.18. The van der Waals surface area contributed by atoms with Crippen LogP contribution in [0.25, 0.3) is 10.2 Å². The summed E-state index contributed by atoms with van der Waals surface area (Å²) in [5, 5.41) is 1.02. The van der Waals surface area contributed by atoms with Crippen molar-refractivity contribution in [1.29, 1.82) is 0 Å². The zero-order valence-corrected chi connectivity index (χ0v) is 17.5. The van der Waals surface area contributed by atoms with Crippen molar-refractivity contribution in [3.8, 4) is 5.75 Å². The van der Waals surface area contributed by atoms with Crippen LogP contribution in [0.5, 0.6) is 5.75 Å². The highest BCUT2D eigenvalue weighted by atomic mass is 32.2. The van der Waals surface area contributed by atoms with Crippen LogP contribution in [0.4, 0.5) is 5.13 Å². The molecule has 0 aliphatic carbocycles. The molecule has 1 amide bonds. The maximum Gasteiger partial charge on any atom is 0.223 e. The van der Waals surface area contributed by atoms with Crippen LogP contribution < -0.4 is 9.64 Å². The molecule has 1 aromatic heterocycles. The third-order valence-corrected chi connectivity index (χ3v) is 6.91. The quantitative estimate of drug-likeness (QED) is 0.569. The molecule has 0 unspecified atom stereocenters. The maximum atomic E-state index is 12.5. The fourth-order valence-electron chi connectivity index (χ4n) is 3.23. The molecule has 0 spiro atoms. The highest BCUT2D eigenvalue weighted by Gasteiger charge is 2.23. The average molecular weight is 414 g/mol. The van der Waals surface area contributed by atoms with Crippen LogP contribution in [-0.2, 0) is 4.79 Å². The highest BCUT2D eigenvalue weighted by Crippen LogP contribution is 2.32. The smallest absolute Gasteiger partial charge is 0.223 e. The van der Waals surface area contributed by atoms with Gasteiger partial charge in [0.2, 0.25) is 5.91 Å². The summed E-state index contributed by atoms with van der Waals surface area (Å²) < 4.78 is 6.43. The van der Waals surface area contributed by atoms with Crippen LogP contribution >= 0.6 is 23.1 Å². The van der Waals surface area contributed by atoms with Gasteiger partial charge in [-0.05, 0) is 30.3 Å². The number of anilines is 1. The monoisotopic (exact) mass is 413 g/mol. The Balaban J connectivity index is 1.28. The Morgan fingerprint density at radius 3 is 2.68 bits per heavy atom. The van der Waals surface area contributed by atoms with Gasteiger partial charge < -0.3 is 14.5 Å². The number of carbonyl (C=O) groups excluding carboxylic acids is 1. The molecule has 1 saturated heterocycles. The standard InChI is InChI=1S/C21H23N3O2S2/c1-26-16-7-8-18-19(15-16)28-21(22-18)24-12-10-23(11-13-24)20(25)9-14-27-17-5-3-2-4-6-17/h2-8,15H,9-14H2,1H3. The Morgan fingerprint density at radius 1 is 1.14 bits per heavy atom. The molecular formula is C21H23N3O2S2. The highest BCUT2D eigenvalue weighted by molar-refractivity contribution is 7.99. The second kappa shape index (κ2) is 8.84. The molecule has 5 nitrogen and oxygen atoms in total. The molecule has 1 aliphatic rings. The molecule has 0 saturated carbocycles. The minimum atomic E-state index is 0.247. The van der Waals surface area contributed by atoms with Crippen molar-refractivity contribution in [3.05, 3.63) is 48.5 Å². The van der Waals surface area contributed by atoms with Crippen molar-refractivity contribution in [2.24, 2.45) is 0 Å². The maximum absolute atomic E-state index is 12.5. The number of piperazine rings is 1. The van der Waals surface area contributed by atoms with Gasteiger partial charge in [-0.15, -0.1) is 11.8 Å². The molecule has 7 heteroatoms. The minimum absolute atomic E-state index is 0.247. The summed E-state index contributed by atoms with van der Waals surface area (Å²) in [5.74, 6) is 1.92. The Morgan fingerprint density at radius 2 is 1.93 bits per heavy atom. The van der Waals surface area contributed by atoms with E-state index in [1.165, 1.54) is 4.90 Å². The van der Waals surface area contributed by atoms with Gasteiger partial charge in [0.1, 0.15) is 5.75 Å². The number of benzene rings is 2. The lowest BCUT2D eigenvalue weighted by Crippen LogP contribution is -2.48. The van der Waals surface area contributed by atoms with Crippen LogP contribution in [-0.4, -0.2) is 54.8 Å². The molecule has 0 atom stereocenters. The number of aromatic nitrogens is 1. The van der Waals surface area contributed by atoms with Gasteiger partial charge in [-0.25, -0.2) is 4.98 Å². The van der Waals surface area contributed by atoms with Gasteiger partial charge >= 0.3 is 0 Å². The topological polar surface area (TPSA) is 45.7 Å². The van der Waals surface area contributed by atoms with E-state index < -0.39 is 0 Å². The van der Waals surface area contributed by atoms with Gasteiger partial charge in [0.25, 0.3) is 0 Å². The van der Waals surface area contributed by atoms with Crippen molar-refractivity contribution in [3.63, 3.8) is 0 Å². The number of ether oxygens (including phenoxy) is 1. The van der Waals surface area contributed by atoms with Crippen molar-refractivity contribution in [1.82, 2.24) is 9.88 Å². The zero-order valence-electron chi connectivity index (χ0n) is 15.8. The number of nitrogens with zero attached hydrogens (tertiary/aromatic N) is 3. The van der Waals surface area contributed by atoms with Crippen molar-refractivity contribution >= 4 is 44.4 Å². The summed E-state index contributed by atoms with van der Waals surface area (Å²) in [6.07, 6.45) is 0.584. The zero-order chi connectivity index (χ0) is 19.3. The number of rotatable bonds is 6. The van der Waals surface area contributed by atoms with Gasteiger partial charge in [-0.1, -0.05) is 29.5 Å². The molecule has 28 heavy (non-hydrogen) atoms. The van der Waals surface area contributed by atoms with Crippen LogP contribution in [0.3, 0.4) is 0 Å². The van der Waals surface area contributed by atoms with Crippen molar-refractivity contribution < 1.29 is 9.53 Å². The van der Waals surface area contributed by atoms with E-state index in [9.17, 15) is 4.79 Å². The molecule has 0 N–H and O–H groups in total. The van der Waals surface area contributed by atoms with E-state index in [4.69, 9.17) is 9.72 Å². The van der Waals surface area contributed by atoms with Crippen molar-refractivity contribution in [2.45, 2.75) is 11.3 Å². The molecule has 4 rings (SSSR count). The van der Waals surface area contributed by atoms with Crippen LogP contribution in [0.1, 0.15) is 6.42 Å². The summed E-state index contributed by atoms with van der Waals surface area (Å²) in [6, 6.07) is 16.2. The van der Waals surface area contributed by atoms with Gasteiger partial charge in [-0.3, -0.25) is 4.79 Å². The molecule has 2 heterocycles. The molecule has 1 aliphatic heterocycles. The molecule has 0 radical (unpaired) electrons. The fraction of sp³-hybridized carbons (Fsp3) is 0.333. The van der Waals surface area contributed by atoms with Crippen LogP contribution in [0.2, 0.25) is 0 Å². The number of hydrogen-bond acceptors (Lipinski definition) is 6. The first-order chi connectivity index (χ1) is 13.7. The van der Waals surface area contributed by atoms with E-state index in [2.05, 4.69) is 17.0 Å². The van der Waals surface area contributed by atoms with E-state index in [0.717, 1.165) is 53.0 Å². The molecule has 146 valence electrons. The van der Waals surface area contributed by atoms with Gasteiger partial charge in [0.05, 0.1) is 17.3 Å². The second-order valence-electron chi connectivity index (χ2n) is 6.61. The number of thiazole rings is 1. The summed E-state index contributed by atoms with van der Waals surface area (Å²) in [5.41, 5.74) is 0.997. The van der Waals surface area contributed by atoms with E-state index in [1.807, 2.05) is 41.3 Å². The summed E-state index contributed by atoms with van der Waals surface area (Å²) in [6.45, 7) is 3.17. The number of carbonyl (C=O) groups is 1. The molecular weight excluding hydrogens is 390 g/mol. The van der Waals surface area contributed by atoms with E-state index in [-0.39, 0.29) is 5.91 Å². The van der Waals surface area contributed by atoms with Gasteiger partial charge in [0.15, 0.2) is 5.13 Å². The number of hydrogen-bond donors (Lipinski definition) is 0. The lowest BCUT2D eigenvalue weighted by Gasteiger charge is -2.34. The van der Waals surface area contributed by atoms with Crippen molar-refractivity contribution in [2.75, 3.05) is 43.9 Å². The first-order valence-corrected chi connectivity index (χ1v) is 11.2. The normalized spacial score (nSPS) is 14.5. The second-order valence-corrected chi connectivity index (χ2v) is 8.79. The molecule has 0 bridgehead atoms. The lowest BCUT2D eigenvalue weighted by molar-refractivity contribution is -0.131. The van der Waals surface area contributed by atoms with E-state index in [1.54, 1.807) is 30.2 Å². The largest absolute Gasteiger partial charge is 0.497 e. The predicted octanol–water partition coefficient (Wildman–Crippen LogP) is 4.14. The summed E-state index contributed by atoms with van der Waals surface area (Å²) in [4.78, 5) is 22.7. The number of thioether (sulfide) groups is 1. The van der Waals surface area contributed by atoms with Crippen LogP contribution in [0.15, 0.2) is 53.4 Å². The Labute approximate surface area is 173 Å². The lowest BCUT2D eigenvalue weighted by atomic mass is 10.3. The molecule has 3 aromatic rings. The predicted molar refractivity (Wildman–Crippen MR) is 117 cm³/mol. The Kier molecular flexibility index (Phi) is 6.02. The summed E-state index contributed by atoms with van der Waals surface area (Å²) in [7, 11) is 1.68.